The summed E-state index contributed by atoms with van der Waals surface area (Å²) in [5.74, 6) is -2.78. The van der Waals surface area contributed by atoms with Crippen LogP contribution in [0.2, 0.25) is 0 Å². The van der Waals surface area contributed by atoms with E-state index in [0.29, 0.717) is 42.3 Å². The molecule has 56 heavy (non-hydrogen) atoms. The highest BCUT2D eigenvalue weighted by Gasteiger charge is 2.77. The second kappa shape index (κ2) is 14.6. The predicted molar refractivity (Wildman–Crippen MR) is 210 cm³/mol. The van der Waals surface area contributed by atoms with E-state index in [4.69, 9.17) is 18.9 Å². The van der Waals surface area contributed by atoms with Crippen LogP contribution in [0.1, 0.15) is 35.6 Å². The number of likely N-dealkylation sites (tertiary alicyclic amines) is 2. The van der Waals surface area contributed by atoms with Crippen LogP contribution in [0.15, 0.2) is 97.1 Å². The van der Waals surface area contributed by atoms with Gasteiger partial charge in [-0.2, -0.15) is 0 Å². The Morgan fingerprint density at radius 1 is 0.518 bits per heavy atom. The Labute approximate surface area is 327 Å². The highest BCUT2D eigenvalue weighted by Crippen LogP contribution is 2.73. The molecule has 10 nitrogen and oxygen atoms in total. The van der Waals surface area contributed by atoms with Crippen molar-refractivity contribution >= 4 is 34.8 Å². The van der Waals surface area contributed by atoms with Gasteiger partial charge in [0.2, 0.25) is 23.6 Å². The number of benzene rings is 4. The largest absolute Gasteiger partial charge is 0.493 e. The van der Waals surface area contributed by atoms with E-state index in [1.54, 1.807) is 28.4 Å². The van der Waals surface area contributed by atoms with E-state index in [9.17, 15) is 9.59 Å². The van der Waals surface area contributed by atoms with Gasteiger partial charge in [0.1, 0.15) is 0 Å². The molecule has 5 aliphatic rings. The highest BCUT2D eigenvalue weighted by atomic mass is 16.5. The minimum atomic E-state index is -1.13. The van der Waals surface area contributed by atoms with Gasteiger partial charge < -0.3 is 18.9 Å². The lowest BCUT2D eigenvalue weighted by Gasteiger charge is -2.59. The number of methoxy groups -OCH3 is 4. The third kappa shape index (κ3) is 5.51. The van der Waals surface area contributed by atoms with Gasteiger partial charge in [-0.15, -0.1) is 0 Å². The zero-order valence-corrected chi connectivity index (χ0v) is 32.3. The average molecular weight is 755 g/mol. The van der Waals surface area contributed by atoms with E-state index in [1.165, 1.54) is 9.80 Å². The first-order chi connectivity index (χ1) is 27.2. The molecule has 4 aromatic carbocycles. The number of carbonyl (C=O) groups is 4. The van der Waals surface area contributed by atoms with Crippen molar-refractivity contribution in [2.45, 2.75) is 26.2 Å². The molecule has 288 valence electrons. The van der Waals surface area contributed by atoms with Crippen LogP contribution < -0.4 is 18.9 Å². The molecule has 9 rings (SSSR count). The van der Waals surface area contributed by atoms with Crippen LogP contribution in [0, 0.1) is 35.0 Å². The summed E-state index contributed by atoms with van der Waals surface area (Å²) in [7, 11) is 6.28. The molecule has 2 heterocycles. The number of rotatable bonds is 13. The summed E-state index contributed by atoms with van der Waals surface area (Å²) >= 11 is 0. The normalized spacial score (nSPS) is 25.1. The maximum absolute atomic E-state index is 15.1. The number of carbonyl (C=O) groups excluding carboxylic acids is 4. The van der Waals surface area contributed by atoms with Gasteiger partial charge in [0.05, 0.1) is 52.1 Å². The number of nitrogens with zero attached hydrogens (tertiary/aromatic N) is 2. The SMILES string of the molecule is CCC12C(c3ccccc3)=C(c3ccccc3)C([C@H]3C(=O)N(CCc4ccc(OC)c(OC)c4)C(=O)[C@@H]31)[C@@H]1C(=O)N(CCc3ccc(OC)c(OC)c3)C(=O)[C@@H]12. The second-order valence-electron chi connectivity index (χ2n) is 15.0. The number of amides is 4. The lowest BCUT2D eigenvalue weighted by atomic mass is 9.40. The van der Waals surface area contributed by atoms with E-state index in [0.717, 1.165) is 33.4 Å². The molecule has 4 aromatic rings. The fourth-order valence-corrected chi connectivity index (χ4v) is 10.4. The van der Waals surface area contributed by atoms with Crippen molar-refractivity contribution in [2.24, 2.45) is 35.0 Å². The summed E-state index contributed by atoms with van der Waals surface area (Å²) in [6.45, 7) is 2.31. The molecule has 0 radical (unpaired) electrons. The first-order valence-corrected chi connectivity index (χ1v) is 19.2. The molecular formula is C46H46N2O8. The summed E-state index contributed by atoms with van der Waals surface area (Å²) in [4.78, 5) is 62.8. The number of hydrogen-bond donors (Lipinski definition) is 0. The summed E-state index contributed by atoms with van der Waals surface area (Å²) in [6.07, 6.45) is 1.19. The lowest BCUT2D eigenvalue weighted by molar-refractivity contribution is -0.145. The number of imide groups is 2. The van der Waals surface area contributed by atoms with Crippen molar-refractivity contribution in [1.82, 2.24) is 9.80 Å². The van der Waals surface area contributed by atoms with Crippen molar-refractivity contribution in [2.75, 3.05) is 41.5 Å². The minimum Gasteiger partial charge on any atom is -0.493 e. The molecule has 2 aliphatic heterocycles. The lowest BCUT2D eigenvalue weighted by Crippen LogP contribution is -2.60. The first-order valence-electron chi connectivity index (χ1n) is 19.2. The van der Waals surface area contributed by atoms with Gasteiger partial charge in [0.25, 0.3) is 0 Å². The monoisotopic (exact) mass is 754 g/mol. The van der Waals surface area contributed by atoms with Crippen molar-refractivity contribution in [1.29, 1.82) is 0 Å². The zero-order chi connectivity index (χ0) is 39.3. The molecule has 3 aliphatic carbocycles. The second-order valence-corrected chi connectivity index (χ2v) is 15.0. The molecule has 4 amide bonds. The van der Waals surface area contributed by atoms with Gasteiger partial charge >= 0.3 is 0 Å². The molecule has 10 heteroatoms. The van der Waals surface area contributed by atoms with Crippen molar-refractivity contribution in [3.63, 3.8) is 0 Å². The Kier molecular flexibility index (Phi) is 9.68. The van der Waals surface area contributed by atoms with Crippen LogP contribution in [0.25, 0.3) is 11.1 Å². The molecular weight excluding hydrogens is 709 g/mol. The van der Waals surface area contributed by atoms with E-state index < -0.39 is 35.0 Å². The fraction of sp³-hybridized carbons (Fsp3) is 0.348. The summed E-state index contributed by atoms with van der Waals surface area (Å²) in [5.41, 5.74) is 4.18. The summed E-state index contributed by atoms with van der Waals surface area (Å²) in [5, 5.41) is 0. The van der Waals surface area contributed by atoms with Crippen LogP contribution in [-0.4, -0.2) is 75.0 Å². The topological polar surface area (TPSA) is 112 Å². The standard InChI is InChI=1S/C46H46N2O8/c1-6-46-39(30-15-11-8-12-16-30)35(29-13-9-7-10-14-29)36(37-40(46)44(51)47(42(37)49)23-21-27-17-19-31(53-2)33(25-27)55-4)38-41(46)45(52)48(43(38)50)24-22-28-18-20-32(54-3)34(26-28)56-5/h7-20,25-26,36-38,40-41H,6,21-24H2,1-5H3/t36?,37-,38+,40-,41-,46?/m1/s1. The van der Waals surface area contributed by atoms with Gasteiger partial charge in [-0.05, 0) is 76.9 Å². The Morgan fingerprint density at radius 3 is 1.36 bits per heavy atom. The van der Waals surface area contributed by atoms with Crippen molar-refractivity contribution in [3.05, 3.63) is 119 Å². The molecule has 2 saturated heterocycles. The predicted octanol–water partition coefficient (Wildman–Crippen LogP) is 6.36. The zero-order valence-electron chi connectivity index (χ0n) is 32.3. The van der Waals surface area contributed by atoms with E-state index in [2.05, 4.69) is 0 Å². The van der Waals surface area contributed by atoms with E-state index >= 15 is 9.59 Å². The molecule has 0 N–H and O–H groups in total. The van der Waals surface area contributed by atoms with Crippen LogP contribution in [-0.2, 0) is 32.0 Å². The molecule has 2 unspecified atom stereocenters. The van der Waals surface area contributed by atoms with Gasteiger partial charge in [0.15, 0.2) is 23.0 Å². The highest BCUT2D eigenvalue weighted by molar-refractivity contribution is 6.17. The third-order valence-electron chi connectivity index (χ3n) is 12.7. The van der Waals surface area contributed by atoms with Crippen LogP contribution in [0.5, 0.6) is 23.0 Å². The van der Waals surface area contributed by atoms with Gasteiger partial charge in [-0.1, -0.05) is 79.7 Å². The molecule has 3 fully saturated rings. The van der Waals surface area contributed by atoms with Gasteiger partial charge in [-0.25, -0.2) is 0 Å². The minimum absolute atomic E-state index is 0.155. The Hall–Kier alpha value is -5.90. The molecule has 6 atom stereocenters. The smallest absolute Gasteiger partial charge is 0.234 e. The van der Waals surface area contributed by atoms with Crippen molar-refractivity contribution in [3.8, 4) is 23.0 Å². The van der Waals surface area contributed by atoms with Gasteiger partial charge in [-0.3, -0.25) is 29.0 Å². The average Bonchev–Trinajstić information content (AvgIpc) is 3.66. The Morgan fingerprint density at radius 2 is 0.946 bits per heavy atom. The number of ether oxygens (including phenoxy) is 4. The quantitative estimate of drug-likeness (QED) is 0.145. The van der Waals surface area contributed by atoms with E-state index in [1.807, 2.05) is 104 Å². The molecule has 0 aromatic heterocycles. The van der Waals surface area contributed by atoms with Crippen molar-refractivity contribution < 1.29 is 38.1 Å². The van der Waals surface area contributed by atoms with E-state index in [-0.39, 0.29) is 36.7 Å². The van der Waals surface area contributed by atoms with Gasteiger partial charge in [0, 0.05) is 24.4 Å². The molecule has 0 spiro atoms. The summed E-state index contributed by atoms with van der Waals surface area (Å²) < 4.78 is 21.9. The first kappa shape index (κ1) is 37.0. The van der Waals surface area contributed by atoms with Crippen LogP contribution >= 0.6 is 0 Å². The Bertz CT molecular complexity index is 2130. The summed E-state index contributed by atoms with van der Waals surface area (Å²) in [6, 6.07) is 30.9. The number of allylic oxidation sites excluding steroid dienone is 2. The van der Waals surface area contributed by atoms with Crippen LogP contribution in [0.3, 0.4) is 0 Å². The fourth-order valence-electron chi connectivity index (χ4n) is 10.4. The third-order valence-corrected chi connectivity index (χ3v) is 12.7. The number of hydrogen-bond acceptors (Lipinski definition) is 8. The maximum Gasteiger partial charge on any atom is 0.234 e. The Balaban J connectivity index is 1.24. The van der Waals surface area contributed by atoms with Crippen LogP contribution in [0.4, 0.5) is 0 Å². The molecule has 1 saturated carbocycles. The maximum atomic E-state index is 15.1. The molecule has 2 bridgehead atoms.